The third kappa shape index (κ3) is 3.08. The average Bonchev–Trinajstić information content (AvgIpc) is 2.88. The first-order valence-electron chi connectivity index (χ1n) is 5.83. The number of carboxylic acid groups (broad SMARTS) is 1. The van der Waals surface area contributed by atoms with Crippen LogP contribution < -0.4 is 0 Å². The Kier molecular flexibility index (Phi) is 4.44. The van der Waals surface area contributed by atoms with E-state index in [4.69, 9.17) is 9.84 Å². The highest BCUT2D eigenvalue weighted by atomic mass is 32.2. The first kappa shape index (κ1) is 13.9. The van der Waals surface area contributed by atoms with Crippen LogP contribution in [0.15, 0.2) is 24.3 Å². The van der Waals surface area contributed by atoms with E-state index in [-0.39, 0.29) is 5.91 Å². The minimum Gasteiger partial charge on any atom is -0.480 e. The Morgan fingerprint density at radius 1 is 1.42 bits per heavy atom. The van der Waals surface area contributed by atoms with Crippen molar-refractivity contribution in [3.8, 4) is 0 Å². The Morgan fingerprint density at radius 2 is 2.11 bits per heavy atom. The molecule has 1 atom stereocenters. The van der Waals surface area contributed by atoms with Crippen LogP contribution >= 0.6 is 11.8 Å². The highest BCUT2D eigenvalue weighted by molar-refractivity contribution is 7.99. The number of hydrogen-bond acceptors (Lipinski definition) is 4. The molecule has 1 aliphatic heterocycles. The van der Waals surface area contributed by atoms with E-state index in [1.54, 1.807) is 19.2 Å². The second-order valence-electron chi connectivity index (χ2n) is 4.26. The summed E-state index contributed by atoms with van der Waals surface area (Å²) in [5.41, 5.74) is 1.48. The smallest absolute Gasteiger partial charge is 0.327 e. The lowest BCUT2D eigenvalue weighted by molar-refractivity contribution is -0.140. The molecule has 0 aliphatic carbocycles. The van der Waals surface area contributed by atoms with Crippen molar-refractivity contribution in [2.24, 2.45) is 0 Å². The van der Waals surface area contributed by atoms with E-state index in [1.807, 2.05) is 12.1 Å². The molecule has 1 amide bonds. The fourth-order valence-corrected chi connectivity index (χ4v) is 3.07. The van der Waals surface area contributed by atoms with Crippen molar-refractivity contribution in [3.05, 3.63) is 35.4 Å². The highest BCUT2D eigenvalue weighted by Gasteiger charge is 2.34. The summed E-state index contributed by atoms with van der Waals surface area (Å²) in [7, 11) is 1.61. The fraction of sp³-hybridized carbons (Fsp3) is 0.385. The third-order valence-electron chi connectivity index (χ3n) is 2.94. The maximum absolute atomic E-state index is 12.2. The summed E-state index contributed by atoms with van der Waals surface area (Å²) in [4.78, 5) is 24.7. The quantitative estimate of drug-likeness (QED) is 0.904. The number of aliphatic carboxylic acids is 1. The largest absolute Gasteiger partial charge is 0.480 e. The molecular formula is C13H15NO4S. The number of carbonyl (C=O) groups excluding carboxylic acids is 1. The summed E-state index contributed by atoms with van der Waals surface area (Å²) < 4.78 is 5.00. The number of amides is 1. The van der Waals surface area contributed by atoms with E-state index in [1.165, 1.54) is 16.7 Å². The molecule has 0 radical (unpaired) electrons. The number of carboxylic acids is 1. The second-order valence-corrected chi connectivity index (χ2v) is 5.26. The summed E-state index contributed by atoms with van der Waals surface area (Å²) in [6, 6.07) is 6.32. The van der Waals surface area contributed by atoms with Crippen molar-refractivity contribution in [1.29, 1.82) is 0 Å². The van der Waals surface area contributed by atoms with Crippen LogP contribution in [0.2, 0.25) is 0 Å². The van der Waals surface area contributed by atoms with Gasteiger partial charge in [-0.2, -0.15) is 0 Å². The monoisotopic (exact) mass is 281 g/mol. The number of ether oxygens (including phenoxy) is 1. The Labute approximate surface area is 115 Å². The van der Waals surface area contributed by atoms with Crippen molar-refractivity contribution < 1.29 is 19.4 Å². The molecule has 0 aromatic heterocycles. The van der Waals surface area contributed by atoms with Crippen LogP contribution in [0, 0.1) is 0 Å². The van der Waals surface area contributed by atoms with E-state index < -0.39 is 12.0 Å². The van der Waals surface area contributed by atoms with Gasteiger partial charge < -0.3 is 14.7 Å². The molecule has 5 nitrogen and oxygen atoms in total. The maximum atomic E-state index is 12.2. The molecule has 1 aliphatic rings. The number of hydrogen-bond donors (Lipinski definition) is 1. The van der Waals surface area contributed by atoms with Gasteiger partial charge in [0.15, 0.2) is 0 Å². The zero-order valence-electron chi connectivity index (χ0n) is 10.5. The predicted octanol–water partition coefficient (Wildman–Crippen LogP) is 1.43. The molecular weight excluding hydrogens is 266 g/mol. The number of rotatable bonds is 4. The number of benzene rings is 1. The van der Waals surface area contributed by atoms with Gasteiger partial charge in [0.25, 0.3) is 5.91 Å². The molecule has 1 heterocycles. The zero-order valence-corrected chi connectivity index (χ0v) is 11.4. The maximum Gasteiger partial charge on any atom is 0.327 e. The Balaban J connectivity index is 2.12. The molecule has 1 fully saturated rings. The van der Waals surface area contributed by atoms with Gasteiger partial charge in [0.1, 0.15) is 6.04 Å². The molecule has 102 valence electrons. The molecule has 2 rings (SSSR count). The summed E-state index contributed by atoms with van der Waals surface area (Å²) in [6.45, 7) is 0.492. The van der Waals surface area contributed by atoms with Gasteiger partial charge in [-0.05, 0) is 17.7 Å². The molecule has 0 saturated carbocycles. The first-order valence-corrected chi connectivity index (χ1v) is 6.98. The van der Waals surface area contributed by atoms with Gasteiger partial charge in [0, 0.05) is 18.4 Å². The van der Waals surface area contributed by atoms with Gasteiger partial charge in [-0.1, -0.05) is 12.1 Å². The van der Waals surface area contributed by atoms with Crippen molar-refractivity contribution >= 4 is 23.6 Å². The first-order chi connectivity index (χ1) is 9.13. The van der Waals surface area contributed by atoms with Crippen LogP contribution in [-0.2, 0) is 16.1 Å². The molecule has 1 aromatic carbocycles. The van der Waals surface area contributed by atoms with E-state index in [9.17, 15) is 9.59 Å². The molecule has 1 aromatic rings. The minimum absolute atomic E-state index is 0.235. The van der Waals surface area contributed by atoms with Crippen molar-refractivity contribution in [1.82, 2.24) is 4.90 Å². The lowest BCUT2D eigenvalue weighted by Crippen LogP contribution is -2.41. The molecule has 0 unspecified atom stereocenters. The zero-order chi connectivity index (χ0) is 13.8. The van der Waals surface area contributed by atoms with E-state index in [0.29, 0.717) is 23.8 Å². The van der Waals surface area contributed by atoms with Crippen LogP contribution in [0.3, 0.4) is 0 Å². The van der Waals surface area contributed by atoms with Gasteiger partial charge in [-0.25, -0.2) is 4.79 Å². The van der Waals surface area contributed by atoms with Crippen LogP contribution in [0.1, 0.15) is 15.9 Å². The summed E-state index contributed by atoms with van der Waals surface area (Å²) >= 11 is 1.46. The second kappa shape index (κ2) is 6.08. The normalized spacial score (nSPS) is 18.6. The minimum atomic E-state index is -0.950. The van der Waals surface area contributed by atoms with E-state index in [0.717, 1.165) is 5.56 Å². The van der Waals surface area contributed by atoms with Crippen LogP contribution in [0.25, 0.3) is 0 Å². The molecule has 6 heteroatoms. The van der Waals surface area contributed by atoms with Gasteiger partial charge in [-0.3, -0.25) is 4.79 Å². The standard InChI is InChI=1S/C13H15NO4S/c1-18-6-9-2-4-10(5-3-9)12(15)14-8-19-7-11(14)13(16)17/h2-5,11H,6-8H2,1H3,(H,16,17)/t11-/m0/s1. The van der Waals surface area contributed by atoms with Crippen LogP contribution in [0.4, 0.5) is 0 Å². The van der Waals surface area contributed by atoms with Gasteiger partial charge in [0.05, 0.1) is 12.5 Å². The highest BCUT2D eigenvalue weighted by Crippen LogP contribution is 2.23. The number of methoxy groups -OCH3 is 1. The number of thioether (sulfide) groups is 1. The third-order valence-corrected chi connectivity index (χ3v) is 3.95. The molecule has 0 spiro atoms. The Hall–Kier alpha value is -1.53. The van der Waals surface area contributed by atoms with Crippen molar-refractivity contribution in [2.45, 2.75) is 12.6 Å². The topological polar surface area (TPSA) is 66.8 Å². The number of nitrogens with zero attached hydrogens (tertiary/aromatic N) is 1. The Bertz CT molecular complexity index is 474. The van der Waals surface area contributed by atoms with Crippen LogP contribution in [-0.4, -0.2) is 46.7 Å². The summed E-state index contributed by atoms with van der Waals surface area (Å²) in [5, 5.41) is 9.07. The lowest BCUT2D eigenvalue weighted by Gasteiger charge is -2.20. The van der Waals surface area contributed by atoms with Crippen molar-refractivity contribution in [3.63, 3.8) is 0 Å². The van der Waals surface area contributed by atoms with Crippen molar-refractivity contribution in [2.75, 3.05) is 18.7 Å². The van der Waals surface area contributed by atoms with E-state index >= 15 is 0 Å². The average molecular weight is 281 g/mol. The fourth-order valence-electron chi connectivity index (χ4n) is 1.92. The van der Waals surface area contributed by atoms with Crippen LogP contribution in [0.5, 0.6) is 0 Å². The molecule has 1 N–H and O–H groups in total. The summed E-state index contributed by atoms with van der Waals surface area (Å²) in [6.07, 6.45) is 0. The molecule has 0 bridgehead atoms. The lowest BCUT2D eigenvalue weighted by atomic mass is 10.1. The molecule has 19 heavy (non-hydrogen) atoms. The van der Waals surface area contributed by atoms with Gasteiger partial charge in [-0.15, -0.1) is 11.8 Å². The van der Waals surface area contributed by atoms with E-state index in [2.05, 4.69) is 0 Å². The Morgan fingerprint density at radius 3 is 2.68 bits per heavy atom. The SMILES string of the molecule is COCc1ccc(C(=O)N2CSC[C@H]2C(=O)O)cc1. The van der Waals surface area contributed by atoms with Gasteiger partial charge in [0.2, 0.25) is 0 Å². The van der Waals surface area contributed by atoms with Gasteiger partial charge >= 0.3 is 5.97 Å². The predicted molar refractivity (Wildman–Crippen MR) is 72.1 cm³/mol. The summed E-state index contributed by atoms with van der Waals surface area (Å²) in [5.74, 6) is -0.311. The number of carbonyl (C=O) groups is 2. The molecule has 1 saturated heterocycles.